The lowest BCUT2D eigenvalue weighted by Gasteiger charge is -2.17. The van der Waals surface area contributed by atoms with Crippen LogP contribution in [0.4, 0.5) is 5.00 Å². The molecule has 1 atom stereocenters. The first-order valence-corrected chi connectivity index (χ1v) is 7.81. The van der Waals surface area contributed by atoms with Gasteiger partial charge in [0, 0.05) is 4.88 Å². The molecule has 2 aromatic rings. The van der Waals surface area contributed by atoms with E-state index in [0.29, 0.717) is 16.5 Å². The maximum atomic E-state index is 12.0. The van der Waals surface area contributed by atoms with E-state index in [-0.39, 0.29) is 12.5 Å². The van der Waals surface area contributed by atoms with Gasteiger partial charge in [-0.05, 0) is 36.0 Å². The van der Waals surface area contributed by atoms with Crippen LogP contribution < -0.4 is 15.6 Å². The van der Waals surface area contributed by atoms with Crippen LogP contribution in [0.3, 0.4) is 0 Å². The molecular weight excluding hydrogens is 304 g/mol. The minimum Gasteiger partial charge on any atom is -0.311 e. The molecular formula is C14H15N4O3S+. The molecule has 0 radical (unpaired) electrons. The van der Waals surface area contributed by atoms with E-state index >= 15 is 0 Å². The van der Waals surface area contributed by atoms with E-state index in [0.717, 1.165) is 31.0 Å². The van der Waals surface area contributed by atoms with Crippen LogP contribution in [0.2, 0.25) is 0 Å². The number of anilines is 1. The van der Waals surface area contributed by atoms with E-state index in [9.17, 15) is 14.9 Å². The van der Waals surface area contributed by atoms with Crippen molar-refractivity contribution in [1.29, 1.82) is 5.26 Å². The van der Waals surface area contributed by atoms with Gasteiger partial charge in [-0.1, -0.05) is 11.6 Å². The van der Waals surface area contributed by atoms with Crippen LogP contribution in [-0.2, 0) is 24.2 Å². The summed E-state index contributed by atoms with van der Waals surface area (Å²) in [4.78, 5) is 24.1. The number of nitrogens with one attached hydrogen (secondary N) is 2. The molecule has 0 fully saturated rings. The summed E-state index contributed by atoms with van der Waals surface area (Å²) >= 11 is 1.48. The van der Waals surface area contributed by atoms with E-state index in [1.54, 1.807) is 0 Å². The van der Waals surface area contributed by atoms with Crippen molar-refractivity contribution < 1.29 is 14.0 Å². The van der Waals surface area contributed by atoms with Crippen LogP contribution in [0, 0.1) is 17.2 Å². The van der Waals surface area contributed by atoms with Gasteiger partial charge in [0.1, 0.15) is 11.1 Å². The van der Waals surface area contributed by atoms with Gasteiger partial charge < -0.3 is 5.32 Å². The van der Waals surface area contributed by atoms with Gasteiger partial charge in [-0.15, -0.1) is 11.3 Å². The Labute approximate surface area is 130 Å². The number of thiophene rings is 1. The number of rotatable bonds is 3. The highest BCUT2D eigenvalue weighted by atomic mass is 32.1. The van der Waals surface area contributed by atoms with Gasteiger partial charge in [-0.2, -0.15) is 5.26 Å². The largest absolute Gasteiger partial charge is 0.426 e. The molecule has 114 valence electrons. The summed E-state index contributed by atoms with van der Waals surface area (Å²) in [6.07, 6.45) is 4.06. The van der Waals surface area contributed by atoms with Gasteiger partial charge in [0.05, 0.1) is 5.56 Å². The Bertz CT molecular complexity index is 811. The first-order valence-electron chi connectivity index (χ1n) is 6.99. The number of carbonyl (C=O) groups is 1. The van der Waals surface area contributed by atoms with Gasteiger partial charge in [0.15, 0.2) is 0 Å². The van der Waals surface area contributed by atoms with Crippen molar-refractivity contribution in [1.82, 2.24) is 5.27 Å². The molecule has 0 saturated carbocycles. The summed E-state index contributed by atoms with van der Waals surface area (Å²) in [5.74, 6) is 0.290. The number of aromatic amines is 1. The average Bonchev–Trinajstić information content (AvgIpc) is 3.01. The van der Waals surface area contributed by atoms with Crippen molar-refractivity contribution in [3.63, 3.8) is 0 Å². The zero-order valence-electron chi connectivity index (χ0n) is 12.0. The van der Waals surface area contributed by atoms with Crippen LogP contribution in [0.1, 0.15) is 29.3 Å². The molecule has 2 heterocycles. The fourth-order valence-corrected chi connectivity index (χ4v) is 4.02. The lowest BCUT2D eigenvalue weighted by atomic mass is 9.89. The van der Waals surface area contributed by atoms with Gasteiger partial charge in [0.2, 0.25) is 0 Å². The molecule has 2 N–H and O–H groups in total. The van der Waals surface area contributed by atoms with Crippen LogP contribution in [0.5, 0.6) is 0 Å². The van der Waals surface area contributed by atoms with Gasteiger partial charge >= 0.3 is 5.63 Å². The van der Waals surface area contributed by atoms with Crippen LogP contribution in [0.25, 0.3) is 0 Å². The third-order valence-corrected chi connectivity index (χ3v) is 4.88. The summed E-state index contributed by atoms with van der Waals surface area (Å²) in [5.41, 5.74) is 1.10. The number of carbonyl (C=O) groups excluding carboxylic acids is 1. The number of nitriles is 1. The number of fused-ring (bicyclic) bond motifs is 1. The molecule has 2 aromatic heterocycles. The minimum atomic E-state index is -0.550. The lowest BCUT2D eigenvalue weighted by molar-refractivity contribution is -0.750. The molecule has 0 saturated heterocycles. The molecule has 0 spiro atoms. The normalized spacial score (nSPS) is 16.8. The average molecular weight is 319 g/mol. The van der Waals surface area contributed by atoms with Crippen LogP contribution in [0.15, 0.2) is 15.5 Å². The van der Waals surface area contributed by atoms with Crippen LogP contribution in [-0.4, -0.2) is 11.2 Å². The molecule has 8 heteroatoms. The summed E-state index contributed by atoms with van der Waals surface area (Å²) in [6.45, 7) is 2.12. The molecule has 1 amide bonds. The Balaban J connectivity index is 1.79. The smallest absolute Gasteiger partial charge is 0.311 e. The van der Waals surface area contributed by atoms with Crippen molar-refractivity contribution >= 4 is 22.2 Å². The highest BCUT2D eigenvalue weighted by molar-refractivity contribution is 7.16. The second-order valence-electron chi connectivity index (χ2n) is 5.49. The number of nitrogens with zero attached hydrogens (tertiary/aromatic N) is 2. The first-order chi connectivity index (χ1) is 10.6. The molecule has 1 aliphatic carbocycles. The first kappa shape index (κ1) is 14.5. The third-order valence-electron chi connectivity index (χ3n) is 3.72. The van der Waals surface area contributed by atoms with Gasteiger partial charge in [-0.3, -0.25) is 9.32 Å². The van der Waals surface area contributed by atoms with Crippen LogP contribution >= 0.6 is 11.3 Å². The Morgan fingerprint density at radius 3 is 3.18 bits per heavy atom. The maximum absolute atomic E-state index is 12.0. The van der Waals surface area contributed by atoms with Crippen molar-refractivity contribution in [2.45, 2.75) is 32.7 Å². The number of amides is 1. The molecule has 0 bridgehead atoms. The number of H-pyrrole nitrogens is 1. The van der Waals surface area contributed by atoms with E-state index in [2.05, 4.69) is 28.1 Å². The quantitative estimate of drug-likeness (QED) is 0.822. The Morgan fingerprint density at radius 1 is 1.68 bits per heavy atom. The number of hydrogen-bond acceptors (Lipinski definition) is 5. The van der Waals surface area contributed by atoms with Crippen molar-refractivity contribution in [2.24, 2.45) is 5.92 Å². The lowest BCUT2D eigenvalue weighted by Crippen LogP contribution is -2.41. The summed E-state index contributed by atoms with van der Waals surface area (Å²) in [7, 11) is 0. The molecule has 0 aromatic carbocycles. The van der Waals surface area contributed by atoms with Gasteiger partial charge in [-0.25, -0.2) is 4.79 Å². The molecule has 0 aliphatic heterocycles. The molecule has 7 nitrogen and oxygen atoms in total. The van der Waals surface area contributed by atoms with E-state index < -0.39 is 5.63 Å². The fraction of sp³-hybridized carbons (Fsp3) is 0.429. The molecule has 1 unspecified atom stereocenters. The number of hydrogen-bond donors (Lipinski definition) is 2. The molecule has 22 heavy (non-hydrogen) atoms. The SMILES string of the molecule is CC1CCc2c(sc(NC(=O)C[n+]3cc(=O)o[nH]3)c2C#N)C1. The molecule has 3 rings (SSSR count). The number of aromatic nitrogens is 2. The van der Waals surface area contributed by atoms with Crippen molar-refractivity contribution in [3.8, 4) is 6.07 Å². The fourth-order valence-electron chi connectivity index (χ4n) is 2.64. The monoisotopic (exact) mass is 319 g/mol. The van der Waals surface area contributed by atoms with E-state index in [1.807, 2.05) is 0 Å². The summed E-state index contributed by atoms with van der Waals surface area (Å²) in [6, 6.07) is 2.20. The predicted octanol–water partition coefficient (Wildman–Crippen LogP) is 0.952. The Morgan fingerprint density at radius 2 is 2.50 bits per heavy atom. The summed E-state index contributed by atoms with van der Waals surface area (Å²) < 4.78 is 5.74. The maximum Gasteiger partial charge on any atom is 0.426 e. The summed E-state index contributed by atoms with van der Waals surface area (Å²) in [5, 5.41) is 15.0. The third kappa shape index (κ3) is 2.80. The van der Waals surface area contributed by atoms with Crippen molar-refractivity contribution in [2.75, 3.05) is 5.32 Å². The Kier molecular flexibility index (Phi) is 3.81. The minimum absolute atomic E-state index is 0.0738. The predicted molar refractivity (Wildman–Crippen MR) is 78.4 cm³/mol. The standard InChI is InChI=1S/C14H14N4O3S/c1-8-2-3-9-10(5-15)14(22-11(9)4-8)16-12(19)6-18-7-13(20)21-17-18/h7-8H,2-4,6H2,1H3,(H-,16,17,19,20)/p+1. The zero-order chi connectivity index (χ0) is 15.7. The van der Waals surface area contributed by atoms with E-state index in [4.69, 9.17) is 0 Å². The van der Waals surface area contributed by atoms with Gasteiger partial charge in [0.25, 0.3) is 18.6 Å². The zero-order valence-corrected chi connectivity index (χ0v) is 12.8. The second kappa shape index (κ2) is 5.77. The second-order valence-corrected chi connectivity index (χ2v) is 6.59. The topological polar surface area (TPSA) is 103 Å². The van der Waals surface area contributed by atoms with E-state index in [1.165, 1.54) is 20.9 Å². The highest BCUT2D eigenvalue weighted by Crippen LogP contribution is 2.39. The highest BCUT2D eigenvalue weighted by Gasteiger charge is 2.25. The molecule has 1 aliphatic rings. The Hall–Kier alpha value is -2.40. The van der Waals surface area contributed by atoms with Crippen molar-refractivity contribution in [3.05, 3.63) is 32.6 Å².